The molecule has 2 aromatic carbocycles. The standard InChI is InChI=1S/C21H21ClFNO2/c1-13-7-10-16(23)19(20(13)22)21(25)24-11-17(14-5-3-2-4-6-14)26-18(12-24)15-8-9-15/h2-7,10,15,17-18H,8-9,11-12H2,1H3/t17-,18+/m0/s1. The van der Waals surface area contributed by atoms with Gasteiger partial charge in [-0.15, -0.1) is 0 Å². The number of carbonyl (C=O) groups excluding carboxylic acids is 1. The molecule has 2 aromatic rings. The van der Waals surface area contributed by atoms with Crippen LogP contribution in [0.2, 0.25) is 5.02 Å². The summed E-state index contributed by atoms with van der Waals surface area (Å²) in [5, 5.41) is 0.195. The molecule has 4 rings (SSSR count). The lowest BCUT2D eigenvalue weighted by Gasteiger charge is -2.39. The first-order valence-corrected chi connectivity index (χ1v) is 9.36. The average molecular weight is 374 g/mol. The SMILES string of the molecule is Cc1ccc(F)c(C(=O)N2C[C@@H](c3ccccc3)O[C@@H](C3CC3)C2)c1Cl. The first kappa shape index (κ1) is 17.5. The molecule has 1 heterocycles. The summed E-state index contributed by atoms with van der Waals surface area (Å²) < 4.78 is 20.6. The van der Waals surface area contributed by atoms with Crippen molar-refractivity contribution in [2.24, 2.45) is 5.92 Å². The lowest BCUT2D eigenvalue weighted by molar-refractivity contribution is -0.0864. The second-order valence-electron chi connectivity index (χ2n) is 7.17. The molecule has 0 aromatic heterocycles. The van der Waals surface area contributed by atoms with E-state index in [9.17, 15) is 9.18 Å². The lowest BCUT2D eigenvalue weighted by Crippen LogP contribution is -2.48. The van der Waals surface area contributed by atoms with Crippen molar-refractivity contribution in [2.75, 3.05) is 13.1 Å². The Kier molecular flexibility index (Phi) is 4.72. The third kappa shape index (κ3) is 3.36. The maximum absolute atomic E-state index is 14.4. The minimum absolute atomic E-state index is 0.00967. The molecule has 1 amide bonds. The van der Waals surface area contributed by atoms with Gasteiger partial charge in [-0.05, 0) is 42.9 Å². The van der Waals surface area contributed by atoms with Crippen LogP contribution in [0.5, 0.6) is 0 Å². The van der Waals surface area contributed by atoms with Gasteiger partial charge in [0.15, 0.2) is 0 Å². The van der Waals surface area contributed by atoms with Crippen LogP contribution >= 0.6 is 11.6 Å². The van der Waals surface area contributed by atoms with Crippen molar-refractivity contribution < 1.29 is 13.9 Å². The summed E-state index contributed by atoms with van der Waals surface area (Å²) in [6.45, 7) is 2.66. The predicted octanol–water partition coefficient (Wildman–Crippen LogP) is 4.78. The zero-order valence-electron chi connectivity index (χ0n) is 14.6. The molecule has 1 aliphatic carbocycles. The number of nitrogens with zero attached hydrogens (tertiary/aromatic N) is 1. The number of hydrogen-bond donors (Lipinski definition) is 0. The molecule has 1 saturated carbocycles. The Morgan fingerprint density at radius 3 is 2.58 bits per heavy atom. The van der Waals surface area contributed by atoms with E-state index in [-0.39, 0.29) is 28.7 Å². The largest absolute Gasteiger partial charge is 0.366 e. The Morgan fingerprint density at radius 2 is 1.88 bits per heavy atom. The molecule has 0 unspecified atom stereocenters. The Morgan fingerprint density at radius 1 is 1.15 bits per heavy atom. The van der Waals surface area contributed by atoms with Gasteiger partial charge in [-0.2, -0.15) is 0 Å². The molecule has 1 saturated heterocycles. The normalized spacial score (nSPS) is 23.1. The number of rotatable bonds is 3. The third-order valence-electron chi connectivity index (χ3n) is 5.23. The highest BCUT2D eigenvalue weighted by Gasteiger charge is 2.40. The highest BCUT2D eigenvalue weighted by molar-refractivity contribution is 6.34. The van der Waals surface area contributed by atoms with E-state index in [1.165, 1.54) is 6.07 Å². The van der Waals surface area contributed by atoms with E-state index < -0.39 is 5.82 Å². The van der Waals surface area contributed by atoms with Gasteiger partial charge in [0.25, 0.3) is 5.91 Å². The van der Waals surface area contributed by atoms with Gasteiger partial charge in [-0.25, -0.2) is 4.39 Å². The summed E-state index contributed by atoms with van der Waals surface area (Å²) in [6.07, 6.45) is 2.03. The van der Waals surface area contributed by atoms with Gasteiger partial charge in [0, 0.05) is 6.54 Å². The number of morpholine rings is 1. The molecule has 0 spiro atoms. The molecule has 1 aliphatic heterocycles. The van der Waals surface area contributed by atoms with Crippen molar-refractivity contribution >= 4 is 17.5 Å². The quantitative estimate of drug-likeness (QED) is 0.774. The molecule has 2 aliphatic rings. The van der Waals surface area contributed by atoms with Gasteiger partial charge >= 0.3 is 0 Å². The molecule has 2 atom stereocenters. The second-order valence-corrected chi connectivity index (χ2v) is 7.55. The van der Waals surface area contributed by atoms with Crippen LogP contribution in [0, 0.1) is 18.7 Å². The first-order chi connectivity index (χ1) is 12.5. The number of ether oxygens (including phenoxy) is 1. The van der Waals surface area contributed by atoms with Crippen LogP contribution in [0.3, 0.4) is 0 Å². The molecular formula is C21H21ClFNO2. The topological polar surface area (TPSA) is 29.5 Å². The van der Waals surface area contributed by atoms with E-state index in [4.69, 9.17) is 16.3 Å². The highest BCUT2D eigenvalue weighted by atomic mass is 35.5. The molecule has 5 heteroatoms. The summed E-state index contributed by atoms with van der Waals surface area (Å²) in [5.41, 5.74) is 1.70. The zero-order valence-corrected chi connectivity index (χ0v) is 15.4. The molecule has 2 fully saturated rings. The Hall–Kier alpha value is -1.91. The summed E-state index contributed by atoms with van der Waals surface area (Å²) in [5.74, 6) is -0.447. The smallest absolute Gasteiger partial charge is 0.258 e. The van der Waals surface area contributed by atoms with Crippen LogP contribution < -0.4 is 0 Å². The number of amides is 1. The molecular weight excluding hydrogens is 353 g/mol. The maximum Gasteiger partial charge on any atom is 0.258 e. The van der Waals surface area contributed by atoms with Gasteiger partial charge in [0.1, 0.15) is 11.9 Å². The van der Waals surface area contributed by atoms with Crippen LogP contribution in [-0.4, -0.2) is 30.0 Å². The second kappa shape index (κ2) is 7.01. The van der Waals surface area contributed by atoms with Gasteiger partial charge in [0.2, 0.25) is 0 Å². The Labute approximate surface area is 157 Å². The number of carbonyl (C=O) groups is 1. The maximum atomic E-state index is 14.4. The van der Waals surface area contributed by atoms with E-state index >= 15 is 0 Å². The molecule has 0 radical (unpaired) electrons. The minimum Gasteiger partial charge on any atom is -0.366 e. The summed E-state index contributed by atoms with van der Waals surface area (Å²) >= 11 is 6.26. The molecule has 136 valence electrons. The zero-order chi connectivity index (χ0) is 18.3. The van der Waals surface area contributed by atoms with E-state index in [0.29, 0.717) is 24.6 Å². The van der Waals surface area contributed by atoms with Crippen LogP contribution in [0.25, 0.3) is 0 Å². The summed E-state index contributed by atoms with van der Waals surface area (Å²) in [6, 6.07) is 12.8. The summed E-state index contributed by atoms with van der Waals surface area (Å²) in [4.78, 5) is 14.8. The van der Waals surface area contributed by atoms with Crippen LogP contribution in [0.15, 0.2) is 42.5 Å². The Balaban J connectivity index is 1.64. The molecule has 0 N–H and O–H groups in total. The average Bonchev–Trinajstić information content (AvgIpc) is 3.50. The number of aryl methyl sites for hydroxylation is 1. The van der Waals surface area contributed by atoms with Crippen molar-refractivity contribution in [3.8, 4) is 0 Å². The van der Waals surface area contributed by atoms with Gasteiger partial charge in [0.05, 0.1) is 23.2 Å². The number of halogens is 2. The fourth-order valence-electron chi connectivity index (χ4n) is 3.55. The van der Waals surface area contributed by atoms with E-state index in [0.717, 1.165) is 18.4 Å². The van der Waals surface area contributed by atoms with Crippen molar-refractivity contribution in [1.29, 1.82) is 0 Å². The van der Waals surface area contributed by atoms with Crippen LogP contribution in [0.1, 0.15) is 40.4 Å². The Bertz CT molecular complexity index is 822. The van der Waals surface area contributed by atoms with Crippen molar-refractivity contribution in [2.45, 2.75) is 32.0 Å². The van der Waals surface area contributed by atoms with Gasteiger partial charge in [-0.1, -0.05) is 48.0 Å². The number of benzene rings is 2. The minimum atomic E-state index is -0.573. The highest BCUT2D eigenvalue weighted by Crippen LogP contribution is 2.40. The third-order valence-corrected chi connectivity index (χ3v) is 5.72. The fraction of sp³-hybridized carbons (Fsp3) is 0.381. The fourth-order valence-corrected chi connectivity index (χ4v) is 3.78. The molecule has 3 nitrogen and oxygen atoms in total. The van der Waals surface area contributed by atoms with Crippen molar-refractivity contribution in [1.82, 2.24) is 4.90 Å². The predicted molar refractivity (Wildman–Crippen MR) is 98.8 cm³/mol. The monoisotopic (exact) mass is 373 g/mol. The van der Waals surface area contributed by atoms with Crippen LogP contribution in [-0.2, 0) is 4.74 Å². The molecule has 26 heavy (non-hydrogen) atoms. The first-order valence-electron chi connectivity index (χ1n) is 8.99. The van der Waals surface area contributed by atoms with E-state index in [1.807, 2.05) is 30.3 Å². The number of hydrogen-bond acceptors (Lipinski definition) is 2. The molecule has 0 bridgehead atoms. The lowest BCUT2D eigenvalue weighted by atomic mass is 10.0. The van der Waals surface area contributed by atoms with Gasteiger partial charge in [-0.3, -0.25) is 4.79 Å². The van der Waals surface area contributed by atoms with Gasteiger partial charge < -0.3 is 9.64 Å². The van der Waals surface area contributed by atoms with Crippen LogP contribution in [0.4, 0.5) is 4.39 Å². The van der Waals surface area contributed by atoms with Crippen molar-refractivity contribution in [3.05, 3.63) is 70.0 Å². The van der Waals surface area contributed by atoms with E-state index in [1.54, 1.807) is 17.9 Å². The summed E-state index contributed by atoms with van der Waals surface area (Å²) in [7, 11) is 0. The van der Waals surface area contributed by atoms with Crippen molar-refractivity contribution in [3.63, 3.8) is 0 Å². The van der Waals surface area contributed by atoms with E-state index in [2.05, 4.69) is 0 Å².